The maximum absolute atomic E-state index is 9.01. The van der Waals surface area contributed by atoms with Crippen LogP contribution in [0.2, 0.25) is 0 Å². The van der Waals surface area contributed by atoms with Gasteiger partial charge in [-0.05, 0) is 60.2 Å². The van der Waals surface area contributed by atoms with Gasteiger partial charge in [0, 0.05) is 39.9 Å². The fourth-order valence-electron chi connectivity index (χ4n) is 5.28. The number of rotatable bonds is 6. The van der Waals surface area contributed by atoms with E-state index in [0.29, 0.717) is 17.9 Å². The predicted octanol–water partition coefficient (Wildman–Crippen LogP) is 6.52. The third kappa shape index (κ3) is 4.24. The van der Waals surface area contributed by atoms with Crippen LogP contribution < -0.4 is 16.0 Å². The molecule has 7 heteroatoms. The van der Waals surface area contributed by atoms with E-state index in [0.717, 1.165) is 50.2 Å². The first-order valence-electron chi connectivity index (χ1n) is 12.8. The summed E-state index contributed by atoms with van der Waals surface area (Å²) in [7, 11) is 0. The number of benzene rings is 3. The molecule has 5 N–H and O–H groups in total. The third-order valence-electron chi connectivity index (χ3n) is 7.24. The monoisotopic (exact) mass is 511 g/mol. The van der Waals surface area contributed by atoms with E-state index in [2.05, 4.69) is 82.0 Å². The largest absolute Gasteiger partial charge is 0.383 e. The molecule has 2 aromatic heterocycles. The van der Waals surface area contributed by atoms with Gasteiger partial charge < -0.3 is 20.9 Å². The zero-order valence-corrected chi connectivity index (χ0v) is 21.9. The summed E-state index contributed by atoms with van der Waals surface area (Å²) in [5.41, 5.74) is 16.3. The Bertz CT molecular complexity index is 1790. The van der Waals surface area contributed by atoms with Gasteiger partial charge in [-0.25, -0.2) is 9.97 Å². The summed E-state index contributed by atoms with van der Waals surface area (Å²) < 4.78 is 0. The van der Waals surface area contributed by atoms with E-state index in [1.54, 1.807) is 0 Å². The summed E-state index contributed by atoms with van der Waals surface area (Å²) in [5, 5.41) is 13.5. The summed E-state index contributed by atoms with van der Waals surface area (Å²) in [5.74, 6) is 0.758. The number of aromatic nitrogens is 3. The maximum atomic E-state index is 9.01. The van der Waals surface area contributed by atoms with Crippen LogP contribution in [0.15, 0.2) is 91.5 Å². The van der Waals surface area contributed by atoms with Crippen LogP contribution in [0.3, 0.4) is 0 Å². The number of hydrogen-bond donors (Lipinski definition) is 4. The fraction of sp³-hybridized carbons (Fsp3) is 0.0938. The molecule has 0 saturated carbocycles. The van der Waals surface area contributed by atoms with Crippen molar-refractivity contribution in [2.45, 2.75) is 13.8 Å². The lowest BCUT2D eigenvalue weighted by atomic mass is 9.93. The van der Waals surface area contributed by atoms with Crippen LogP contribution in [0.5, 0.6) is 0 Å². The van der Waals surface area contributed by atoms with E-state index in [1.165, 1.54) is 11.9 Å². The number of aryl methyl sites for hydroxylation is 2. The molecule has 39 heavy (non-hydrogen) atoms. The van der Waals surface area contributed by atoms with Gasteiger partial charge in [0.05, 0.1) is 17.8 Å². The number of nitrogen functional groups attached to an aromatic ring is 1. The average Bonchev–Trinajstić information content (AvgIpc) is 3.40. The number of hydrogen-bond acceptors (Lipinski definition) is 6. The van der Waals surface area contributed by atoms with Gasteiger partial charge in [0.25, 0.3) is 0 Å². The zero-order chi connectivity index (χ0) is 27.1. The number of nitrogens with zero attached hydrogens (tertiary/aromatic N) is 3. The smallest absolute Gasteiger partial charge is 0.141 e. The van der Waals surface area contributed by atoms with Crippen molar-refractivity contribution in [3.8, 4) is 0 Å². The van der Waals surface area contributed by atoms with Crippen LogP contribution in [-0.4, -0.2) is 27.2 Å². The molecule has 0 saturated heterocycles. The van der Waals surface area contributed by atoms with Crippen molar-refractivity contribution in [2.24, 2.45) is 0 Å². The summed E-state index contributed by atoms with van der Waals surface area (Å²) in [6.45, 7) is 9.17. The quantitative estimate of drug-likeness (QED) is 0.194. The molecule has 1 aliphatic rings. The molecular formula is C32H29N7. The number of fused-ring (bicyclic) bond motifs is 2. The number of H-pyrrole nitrogens is 1. The minimum Gasteiger partial charge on any atom is -0.383 e. The van der Waals surface area contributed by atoms with Gasteiger partial charge in [-0.1, -0.05) is 55.1 Å². The first-order chi connectivity index (χ1) is 18.9. The van der Waals surface area contributed by atoms with Crippen LogP contribution in [-0.2, 0) is 0 Å². The minimum absolute atomic E-state index is 0.253. The first kappa shape index (κ1) is 24.2. The zero-order valence-electron chi connectivity index (χ0n) is 21.9. The van der Waals surface area contributed by atoms with Crippen LogP contribution in [0.4, 0.5) is 17.3 Å². The lowest BCUT2D eigenvalue weighted by molar-refractivity contribution is 1.06. The van der Waals surface area contributed by atoms with Gasteiger partial charge >= 0.3 is 0 Å². The van der Waals surface area contributed by atoms with Gasteiger partial charge in [0.2, 0.25) is 0 Å². The van der Waals surface area contributed by atoms with Crippen molar-refractivity contribution < 1.29 is 0 Å². The Morgan fingerprint density at radius 3 is 2.69 bits per heavy atom. The van der Waals surface area contributed by atoms with E-state index in [1.807, 2.05) is 42.6 Å². The number of nitrogens with two attached hydrogens (primary N) is 1. The standard InChI is InChI=1S/C32H29N7/c1-19-7-4-5-10-27(19)39-21(3)28-20(2)8-6-9-23(28)15-25(39)17-36-32-29(31(34)37-18-38-32)30(33)24-12-11-22-13-14-35-26(22)16-24/h4-16,18,33,35H,3,17H2,1-2H3,(H3,34,36,37,38). The molecule has 0 fully saturated rings. The van der Waals surface area contributed by atoms with E-state index in [9.17, 15) is 0 Å². The highest BCUT2D eigenvalue weighted by atomic mass is 15.2. The van der Waals surface area contributed by atoms with Crippen molar-refractivity contribution in [1.29, 1.82) is 5.41 Å². The van der Waals surface area contributed by atoms with Gasteiger partial charge in [-0.15, -0.1) is 0 Å². The number of nitrogens with one attached hydrogen (secondary N) is 3. The van der Waals surface area contributed by atoms with E-state index < -0.39 is 0 Å². The van der Waals surface area contributed by atoms with Gasteiger partial charge in [-0.2, -0.15) is 0 Å². The lowest BCUT2D eigenvalue weighted by Crippen LogP contribution is -2.29. The molecule has 3 heterocycles. The molecule has 5 aromatic rings. The highest BCUT2D eigenvalue weighted by molar-refractivity contribution is 6.17. The molecule has 7 nitrogen and oxygen atoms in total. The number of aromatic amines is 1. The molecule has 192 valence electrons. The van der Waals surface area contributed by atoms with Crippen molar-refractivity contribution in [3.05, 3.63) is 125 Å². The molecule has 0 atom stereocenters. The fourth-order valence-corrected chi connectivity index (χ4v) is 5.28. The third-order valence-corrected chi connectivity index (χ3v) is 7.24. The van der Waals surface area contributed by atoms with Crippen molar-refractivity contribution in [1.82, 2.24) is 15.0 Å². The van der Waals surface area contributed by atoms with E-state index in [-0.39, 0.29) is 11.5 Å². The van der Waals surface area contributed by atoms with Crippen LogP contribution in [0.25, 0.3) is 22.7 Å². The Balaban J connectivity index is 1.38. The molecule has 0 amide bonds. The highest BCUT2D eigenvalue weighted by Gasteiger charge is 2.26. The molecule has 1 aliphatic heterocycles. The van der Waals surface area contributed by atoms with Crippen molar-refractivity contribution >= 4 is 45.7 Å². The van der Waals surface area contributed by atoms with Crippen LogP contribution in [0, 0.1) is 19.3 Å². The molecule has 3 aromatic carbocycles. The molecule has 0 unspecified atom stereocenters. The van der Waals surface area contributed by atoms with Crippen LogP contribution >= 0.6 is 0 Å². The Morgan fingerprint density at radius 2 is 1.85 bits per heavy atom. The second-order valence-electron chi connectivity index (χ2n) is 9.73. The van der Waals surface area contributed by atoms with E-state index in [4.69, 9.17) is 11.1 Å². The Hall–Kier alpha value is -5.17. The summed E-state index contributed by atoms with van der Waals surface area (Å²) in [6, 6.07) is 22.4. The molecule has 6 rings (SSSR count). The van der Waals surface area contributed by atoms with Gasteiger partial charge in [0.1, 0.15) is 18.0 Å². The molecular weight excluding hydrogens is 482 g/mol. The number of anilines is 3. The predicted molar refractivity (Wildman–Crippen MR) is 161 cm³/mol. The Morgan fingerprint density at radius 1 is 1.03 bits per heavy atom. The first-order valence-corrected chi connectivity index (χ1v) is 12.8. The average molecular weight is 512 g/mol. The van der Waals surface area contributed by atoms with Gasteiger partial charge in [0.15, 0.2) is 0 Å². The normalized spacial score (nSPS) is 12.8. The van der Waals surface area contributed by atoms with Crippen molar-refractivity contribution in [3.63, 3.8) is 0 Å². The molecule has 0 radical (unpaired) electrons. The van der Waals surface area contributed by atoms with Crippen LogP contribution in [0.1, 0.15) is 33.4 Å². The summed E-state index contributed by atoms with van der Waals surface area (Å²) >= 11 is 0. The van der Waals surface area contributed by atoms with E-state index >= 15 is 0 Å². The number of para-hydroxylation sites is 1. The second-order valence-corrected chi connectivity index (χ2v) is 9.73. The molecule has 0 aliphatic carbocycles. The van der Waals surface area contributed by atoms with Gasteiger partial charge in [-0.3, -0.25) is 5.41 Å². The molecule has 0 bridgehead atoms. The topological polar surface area (TPSA) is 107 Å². The Labute approximate surface area is 227 Å². The lowest BCUT2D eigenvalue weighted by Gasteiger charge is -2.35. The summed E-state index contributed by atoms with van der Waals surface area (Å²) in [4.78, 5) is 14.1. The Kier molecular flexibility index (Phi) is 5.96. The molecule has 0 spiro atoms. The summed E-state index contributed by atoms with van der Waals surface area (Å²) in [6.07, 6.45) is 5.50. The van der Waals surface area contributed by atoms with Crippen molar-refractivity contribution in [2.75, 3.05) is 22.5 Å². The minimum atomic E-state index is 0.253. The SMILES string of the molecule is C=C1c2c(C)cccc2C=C(CNc2ncnc(N)c2C(=N)c2ccc3cc[nH]c3c2)N1c1ccccc1C. The highest BCUT2D eigenvalue weighted by Crippen LogP contribution is 2.39. The second kappa shape index (κ2) is 9.61. The maximum Gasteiger partial charge on any atom is 0.141 e.